The van der Waals surface area contributed by atoms with E-state index in [-0.39, 0.29) is 18.3 Å². The summed E-state index contributed by atoms with van der Waals surface area (Å²) in [6, 6.07) is 12.9. The Morgan fingerprint density at radius 1 is 1.04 bits per heavy atom. The molecule has 0 aliphatic carbocycles. The van der Waals surface area contributed by atoms with Gasteiger partial charge in [0.1, 0.15) is 5.82 Å². The smallest absolute Gasteiger partial charge is 0.234 e. The van der Waals surface area contributed by atoms with Crippen LogP contribution in [-0.2, 0) is 11.3 Å². The monoisotopic (exact) mass is 355 g/mol. The summed E-state index contributed by atoms with van der Waals surface area (Å²) in [7, 11) is 0. The van der Waals surface area contributed by atoms with Crippen molar-refractivity contribution in [2.45, 2.75) is 20.4 Å². The van der Waals surface area contributed by atoms with Crippen molar-refractivity contribution in [2.75, 3.05) is 37.6 Å². The van der Waals surface area contributed by atoms with Gasteiger partial charge in [0.15, 0.2) is 0 Å². The zero-order valence-electron chi connectivity index (χ0n) is 15.5. The van der Waals surface area contributed by atoms with E-state index in [1.807, 2.05) is 0 Å². The molecule has 1 aliphatic rings. The molecule has 1 saturated heterocycles. The number of amides is 1. The van der Waals surface area contributed by atoms with E-state index >= 15 is 0 Å². The van der Waals surface area contributed by atoms with Gasteiger partial charge in [-0.15, -0.1) is 0 Å². The first-order valence-corrected chi connectivity index (χ1v) is 9.08. The van der Waals surface area contributed by atoms with Gasteiger partial charge in [0, 0.05) is 44.0 Å². The van der Waals surface area contributed by atoms with Crippen LogP contribution in [0.1, 0.15) is 16.7 Å². The minimum Gasteiger partial charge on any atom is -0.369 e. The summed E-state index contributed by atoms with van der Waals surface area (Å²) in [4.78, 5) is 16.7. The largest absolute Gasteiger partial charge is 0.369 e. The molecule has 0 atom stereocenters. The van der Waals surface area contributed by atoms with Gasteiger partial charge in [0.25, 0.3) is 0 Å². The van der Waals surface area contributed by atoms with Gasteiger partial charge in [-0.05, 0) is 37.1 Å². The van der Waals surface area contributed by atoms with E-state index in [9.17, 15) is 9.18 Å². The maximum atomic E-state index is 13.6. The Morgan fingerprint density at radius 3 is 2.50 bits per heavy atom. The zero-order valence-corrected chi connectivity index (χ0v) is 15.5. The zero-order chi connectivity index (χ0) is 18.5. The van der Waals surface area contributed by atoms with Gasteiger partial charge in [-0.1, -0.05) is 30.3 Å². The fraction of sp³-hybridized carbons (Fsp3) is 0.381. The number of aryl methyl sites for hydroxylation is 1. The molecular weight excluding hydrogens is 329 g/mol. The lowest BCUT2D eigenvalue weighted by molar-refractivity contribution is -0.122. The first kappa shape index (κ1) is 18.4. The van der Waals surface area contributed by atoms with Gasteiger partial charge < -0.3 is 10.2 Å². The predicted molar refractivity (Wildman–Crippen MR) is 103 cm³/mol. The van der Waals surface area contributed by atoms with Crippen molar-refractivity contribution in [2.24, 2.45) is 0 Å². The summed E-state index contributed by atoms with van der Waals surface area (Å²) < 4.78 is 13.6. The maximum Gasteiger partial charge on any atom is 0.234 e. The van der Waals surface area contributed by atoms with Crippen LogP contribution in [0, 0.1) is 19.7 Å². The topological polar surface area (TPSA) is 35.6 Å². The molecule has 2 aromatic carbocycles. The molecule has 1 N–H and O–H groups in total. The lowest BCUT2D eigenvalue weighted by Gasteiger charge is -2.36. The fourth-order valence-electron chi connectivity index (χ4n) is 3.32. The normalized spacial score (nSPS) is 15.1. The SMILES string of the molecule is Cc1cccc(N2CCN(CC(=O)NCc3ccccc3F)CC2)c1C. The van der Waals surface area contributed by atoms with E-state index in [0.717, 1.165) is 26.2 Å². The van der Waals surface area contributed by atoms with Crippen LogP contribution in [0.3, 0.4) is 0 Å². The second-order valence-electron chi connectivity index (χ2n) is 6.85. The molecule has 0 bridgehead atoms. The molecule has 1 aliphatic heterocycles. The quantitative estimate of drug-likeness (QED) is 0.896. The Labute approximate surface area is 154 Å². The third kappa shape index (κ3) is 4.41. The van der Waals surface area contributed by atoms with Gasteiger partial charge in [-0.3, -0.25) is 9.69 Å². The number of anilines is 1. The number of nitrogens with one attached hydrogen (secondary N) is 1. The molecule has 4 nitrogen and oxygen atoms in total. The highest BCUT2D eigenvalue weighted by molar-refractivity contribution is 5.78. The van der Waals surface area contributed by atoms with E-state index in [4.69, 9.17) is 0 Å². The number of nitrogens with zero attached hydrogens (tertiary/aromatic N) is 2. The second-order valence-corrected chi connectivity index (χ2v) is 6.85. The van der Waals surface area contributed by atoms with Crippen LogP contribution in [0.4, 0.5) is 10.1 Å². The number of carbonyl (C=O) groups is 1. The number of halogens is 1. The van der Waals surface area contributed by atoms with Crippen molar-refractivity contribution in [3.05, 3.63) is 65.0 Å². The number of piperazine rings is 1. The van der Waals surface area contributed by atoms with E-state index in [1.54, 1.807) is 18.2 Å². The average molecular weight is 355 g/mol. The summed E-state index contributed by atoms with van der Waals surface area (Å²) in [5.41, 5.74) is 4.43. The van der Waals surface area contributed by atoms with E-state index in [0.29, 0.717) is 12.1 Å². The molecular formula is C21H26FN3O. The van der Waals surface area contributed by atoms with Gasteiger partial charge >= 0.3 is 0 Å². The van der Waals surface area contributed by atoms with Gasteiger partial charge in [0.05, 0.1) is 6.54 Å². The van der Waals surface area contributed by atoms with Crippen LogP contribution in [0.5, 0.6) is 0 Å². The van der Waals surface area contributed by atoms with E-state index in [1.165, 1.54) is 22.9 Å². The first-order chi connectivity index (χ1) is 12.5. The maximum absolute atomic E-state index is 13.6. The van der Waals surface area contributed by atoms with Crippen LogP contribution < -0.4 is 10.2 Å². The summed E-state index contributed by atoms with van der Waals surface area (Å²) in [6.07, 6.45) is 0. The Morgan fingerprint density at radius 2 is 1.77 bits per heavy atom. The molecule has 1 heterocycles. The third-order valence-electron chi connectivity index (χ3n) is 5.09. The molecule has 26 heavy (non-hydrogen) atoms. The number of hydrogen-bond donors (Lipinski definition) is 1. The second kappa shape index (κ2) is 8.32. The van der Waals surface area contributed by atoms with Crippen LogP contribution in [0.25, 0.3) is 0 Å². The molecule has 5 heteroatoms. The number of benzene rings is 2. The standard InChI is InChI=1S/C21H26FN3O/c1-16-6-5-9-20(17(16)2)25-12-10-24(11-13-25)15-21(26)23-14-18-7-3-4-8-19(18)22/h3-9H,10-15H2,1-2H3,(H,23,26). The lowest BCUT2D eigenvalue weighted by atomic mass is 10.1. The molecule has 1 amide bonds. The van der Waals surface area contributed by atoms with E-state index in [2.05, 4.69) is 47.2 Å². The van der Waals surface area contributed by atoms with Gasteiger partial charge in [-0.2, -0.15) is 0 Å². The Balaban J connectivity index is 1.47. The van der Waals surface area contributed by atoms with E-state index < -0.39 is 0 Å². The van der Waals surface area contributed by atoms with Crippen LogP contribution in [-0.4, -0.2) is 43.5 Å². The summed E-state index contributed by atoms with van der Waals surface area (Å²) in [5, 5.41) is 2.81. The first-order valence-electron chi connectivity index (χ1n) is 9.08. The van der Waals surface area contributed by atoms with Gasteiger partial charge in [0.2, 0.25) is 5.91 Å². The molecule has 1 fully saturated rings. The van der Waals surface area contributed by atoms with Gasteiger partial charge in [-0.25, -0.2) is 4.39 Å². The lowest BCUT2D eigenvalue weighted by Crippen LogP contribution is -2.49. The molecule has 138 valence electrons. The number of hydrogen-bond acceptors (Lipinski definition) is 3. The summed E-state index contributed by atoms with van der Waals surface area (Å²) in [5.74, 6) is -0.344. The van der Waals surface area contributed by atoms with Crippen LogP contribution in [0.2, 0.25) is 0 Å². The highest BCUT2D eigenvalue weighted by Crippen LogP contribution is 2.23. The Bertz CT molecular complexity index is 770. The van der Waals surface area contributed by atoms with Crippen molar-refractivity contribution < 1.29 is 9.18 Å². The van der Waals surface area contributed by atoms with Crippen molar-refractivity contribution >= 4 is 11.6 Å². The molecule has 2 aromatic rings. The van der Waals surface area contributed by atoms with Crippen LogP contribution >= 0.6 is 0 Å². The highest BCUT2D eigenvalue weighted by atomic mass is 19.1. The average Bonchev–Trinajstić information content (AvgIpc) is 2.64. The van der Waals surface area contributed by atoms with Crippen molar-refractivity contribution in [3.8, 4) is 0 Å². The Hall–Kier alpha value is -2.40. The predicted octanol–water partition coefficient (Wildman–Crippen LogP) is 2.88. The third-order valence-corrected chi connectivity index (χ3v) is 5.09. The van der Waals surface area contributed by atoms with Crippen molar-refractivity contribution in [3.63, 3.8) is 0 Å². The minimum absolute atomic E-state index is 0.0616. The highest BCUT2D eigenvalue weighted by Gasteiger charge is 2.20. The molecule has 0 radical (unpaired) electrons. The van der Waals surface area contributed by atoms with Crippen LogP contribution in [0.15, 0.2) is 42.5 Å². The molecule has 0 aromatic heterocycles. The minimum atomic E-state index is -0.282. The van der Waals surface area contributed by atoms with Crippen molar-refractivity contribution in [1.29, 1.82) is 0 Å². The molecule has 0 saturated carbocycles. The van der Waals surface area contributed by atoms with Crippen molar-refractivity contribution in [1.82, 2.24) is 10.2 Å². The molecule has 0 spiro atoms. The number of rotatable bonds is 5. The molecule has 3 rings (SSSR count). The summed E-state index contributed by atoms with van der Waals surface area (Å²) in [6.45, 7) is 8.39. The Kier molecular flexibility index (Phi) is 5.89. The fourth-order valence-corrected chi connectivity index (χ4v) is 3.32. The molecule has 0 unspecified atom stereocenters. The summed E-state index contributed by atoms with van der Waals surface area (Å²) >= 11 is 0. The number of carbonyl (C=O) groups excluding carboxylic acids is 1.